The van der Waals surface area contributed by atoms with E-state index >= 15 is 0 Å². The monoisotopic (exact) mass is 466 g/mol. The molecule has 2 bridgehead atoms. The van der Waals surface area contributed by atoms with Crippen LogP contribution in [0.5, 0.6) is 0 Å². The number of primary amides is 1. The minimum absolute atomic E-state index is 0.0111. The van der Waals surface area contributed by atoms with Crippen LogP contribution in [0.2, 0.25) is 5.15 Å². The van der Waals surface area contributed by atoms with Crippen LogP contribution in [0.15, 0.2) is 42.5 Å². The van der Waals surface area contributed by atoms with Crippen molar-refractivity contribution in [2.45, 2.75) is 44.3 Å². The fraction of sp³-hybridized carbons (Fsp3) is 0.348. The summed E-state index contributed by atoms with van der Waals surface area (Å²) in [6, 6.07) is 11.5. The minimum atomic E-state index is -0.652. The number of carbonyl (C=O) groups is 3. The number of piperidine rings is 2. The molecule has 3 N–H and O–H groups in total. The van der Waals surface area contributed by atoms with Crippen molar-refractivity contribution in [2.75, 3.05) is 5.32 Å². The van der Waals surface area contributed by atoms with Gasteiger partial charge in [-0.3, -0.25) is 19.1 Å². The van der Waals surface area contributed by atoms with Gasteiger partial charge in [0.15, 0.2) is 5.69 Å². The van der Waals surface area contributed by atoms with Gasteiger partial charge in [0, 0.05) is 11.4 Å². The molecule has 0 unspecified atom stereocenters. The number of hydrogen-bond donors (Lipinski definition) is 2. The second kappa shape index (κ2) is 8.47. The van der Waals surface area contributed by atoms with E-state index in [0.717, 1.165) is 25.7 Å². The van der Waals surface area contributed by atoms with Crippen molar-refractivity contribution in [1.29, 1.82) is 0 Å². The third-order valence-electron chi connectivity index (χ3n) is 6.58. The van der Waals surface area contributed by atoms with Crippen molar-refractivity contribution in [1.82, 2.24) is 19.7 Å². The molecule has 10 heteroatoms. The van der Waals surface area contributed by atoms with Gasteiger partial charge in [-0.25, -0.2) is 4.98 Å². The minimum Gasteiger partial charge on any atom is -0.364 e. The summed E-state index contributed by atoms with van der Waals surface area (Å²) in [6.45, 7) is -0.0871. The van der Waals surface area contributed by atoms with Crippen LogP contribution in [0.3, 0.4) is 0 Å². The molecule has 3 amide bonds. The van der Waals surface area contributed by atoms with Gasteiger partial charge in [-0.15, -0.1) is 0 Å². The van der Waals surface area contributed by atoms with Crippen molar-refractivity contribution in [3.05, 3.63) is 53.3 Å². The van der Waals surface area contributed by atoms with E-state index in [4.69, 9.17) is 17.3 Å². The molecule has 2 aromatic heterocycles. The zero-order valence-electron chi connectivity index (χ0n) is 17.8. The molecule has 4 heterocycles. The Bertz CT molecular complexity index is 1250. The first-order chi connectivity index (χ1) is 15.9. The smallest absolute Gasteiger partial charge is 0.269 e. The second-order valence-electron chi connectivity index (χ2n) is 8.54. The van der Waals surface area contributed by atoms with E-state index in [1.807, 2.05) is 6.07 Å². The van der Waals surface area contributed by atoms with Crippen LogP contribution in [0, 0.1) is 5.92 Å². The van der Waals surface area contributed by atoms with E-state index in [1.165, 1.54) is 4.68 Å². The number of halogens is 1. The van der Waals surface area contributed by atoms with Gasteiger partial charge in [-0.05, 0) is 49.8 Å². The Morgan fingerprint density at radius 3 is 2.55 bits per heavy atom. The largest absolute Gasteiger partial charge is 0.364 e. The molecule has 9 nitrogen and oxygen atoms in total. The highest BCUT2D eigenvalue weighted by atomic mass is 35.5. The molecular weight excluding hydrogens is 444 g/mol. The average molecular weight is 467 g/mol. The molecule has 0 spiro atoms. The number of rotatable bonds is 5. The number of amides is 3. The Hall–Kier alpha value is -3.46. The lowest BCUT2D eigenvalue weighted by Crippen LogP contribution is -2.62. The number of pyridine rings is 1. The molecule has 33 heavy (non-hydrogen) atoms. The molecule has 1 atom stereocenters. The summed E-state index contributed by atoms with van der Waals surface area (Å²) in [5.74, 6) is -0.705. The highest BCUT2D eigenvalue weighted by Gasteiger charge is 2.47. The summed E-state index contributed by atoms with van der Waals surface area (Å²) >= 11 is 5.95. The van der Waals surface area contributed by atoms with Crippen LogP contribution in [0.25, 0.3) is 10.9 Å². The number of hydrogen-bond acceptors (Lipinski definition) is 5. The number of nitrogens with two attached hydrogens (primary N) is 1. The third-order valence-corrected chi connectivity index (χ3v) is 6.79. The van der Waals surface area contributed by atoms with Crippen molar-refractivity contribution in [3.8, 4) is 0 Å². The Morgan fingerprint density at radius 1 is 1.06 bits per heavy atom. The van der Waals surface area contributed by atoms with Crippen LogP contribution < -0.4 is 11.1 Å². The lowest BCUT2D eigenvalue weighted by atomic mass is 9.74. The zero-order chi connectivity index (χ0) is 23.1. The lowest BCUT2D eigenvalue weighted by molar-refractivity contribution is -0.151. The van der Waals surface area contributed by atoms with Crippen molar-refractivity contribution in [2.24, 2.45) is 11.7 Å². The van der Waals surface area contributed by atoms with Gasteiger partial charge in [0.1, 0.15) is 23.6 Å². The van der Waals surface area contributed by atoms with E-state index in [0.29, 0.717) is 16.7 Å². The number of para-hydroxylation sites is 1. The molecule has 1 aromatic carbocycles. The molecule has 1 saturated carbocycles. The van der Waals surface area contributed by atoms with Crippen LogP contribution in [-0.2, 0) is 16.1 Å². The molecule has 3 fully saturated rings. The maximum atomic E-state index is 13.5. The zero-order valence-corrected chi connectivity index (χ0v) is 18.5. The van der Waals surface area contributed by atoms with E-state index < -0.39 is 11.9 Å². The molecule has 170 valence electrons. The fourth-order valence-electron chi connectivity index (χ4n) is 5.17. The average Bonchev–Trinajstić information content (AvgIpc) is 3.18. The van der Waals surface area contributed by atoms with Crippen molar-refractivity contribution < 1.29 is 14.4 Å². The normalized spacial score (nSPS) is 21.8. The summed E-state index contributed by atoms with van der Waals surface area (Å²) in [6.07, 6.45) is 3.52. The van der Waals surface area contributed by atoms with Crippen LogP contribution in [0.1, 0.15) is 36.2 Å². The first kappa shape index (κ1) is 21.4. The SMILES string of the molecule is NC(=O)c1nn(CC(=O)N2[C@H]3CC[C@H](CC3)[C@@H]2C(=O)Nc2cccc(Cl)n2)c2ccccc12. The van der Waals surface area contributed by atoms with Gasteiger partial charge < -0.3 is 16.0 Å². The number of nitrogens with one attached hydrogen (secondary N) is 1. The molecule has 1 aliphatic carbocycles. The van der Waals surface area contributed by atoms with E-state index in [9.17, 15) is 14.4 Å². The van der Waals surface area contributed by atoms with Gasteiger partial charge in [0.25, 0.3) is 5.91 Å². The highest BCUT2D eigenvalue weighted by Crippen LogP contribution is 2.40. The van der Waals surface area contributed by atoms with Crippen molar-refractivity contribution >= 4 is 46.0 Å². The van der Waals surface area contributed by atoms with Gasteiger partial charge in [-0.2, -0.15) is 5.10 Å². The number of benzene rings is 1. The van der Waals surface area contributed by atoms with Crippen LogP contribution in [-0.4, -0.2) is 49.5 Å². The van der Waals surface area contributed by atoms with Gasteiger partial charge in [-0.1, -0.05) is 35.9 Å². The first-order valence-electron chi connectivity index (χ1n) is 10.9. The van der Waals surface area contributed by atoms with Gasteiger partial charge in [0.2, 0.25) is 11.8 Å². The number of aromatic nitrogens is 3. The molecular formula is C23H23ClN6O3. The quantitative estimate of drug-likeness (QED) is 0.559. The predicted octanol–water partition coefficient (Wildman–Crippen LogP) is 2.59. The van der Waals surface area contributed by atoms with Gasteiger partial charge >= 0.3 is 0 Å². The third kappa shape index (κ3) is 3.93. The number of carbonyl (C=O) groups excluding carboxylic acids is 3. The topological polar surface area (TPSA) is 123 Å². The first-order valence-corrected chi connectivity index (χ1v) is 11.3. The molecule has 2 saturated heterocycles. The molecule has 6 rings (SSSR count). The number of nitrogens with zero attached hydrogens (tertiary/aromatic N) is 4. The maximum absolute atomic E-state index is 13.5. The summed E-state index contributed by atoms with van der Waals surface area (Å²) in [4.78, 5) is 44.5. The van der Waals surface area contributed by atoms with E-state index in [-0.39, 0.29) is 41.2 Å². The van der Waals surface area contributed by atoms with E-state index in [1.54, 1.807) is 41.3 Å². The van der Waals surface area contributed by atoms with Gasteiger partial charge in [0.05, 0.1) is 5.52 Å². The summed E-state index contributed by atoms with van der Waals surface area (Å²) in [5, 5.41) is 8.00. The van der Waals surface area contributed by atoms with Crippen LogP contribution in [0.4, 0.5) is 5.82 Å². The number of fused-ring (bicyclic) bond motifs is 4. The lowest BCUT2D eigenvalue weighted by Gasteiger charge is -2.50. The Kier molecular flexibility index (Phi) is 5.49. The molecule has 3 aliphatic rings. The maximum Gasteiger partial charge on any atom is 0.269 e. The Labute approximate surface area is 194 Å². The Balaban J connectivity index is 1.43. The molecule has 2 aliphatic heterocycles. The second-order valence-corrected chi connectivity index (χ2v) is 8.92. The standard InChI is InChI=1S/C23H23ClN6O3/c24-17-6-3-7-18(26-17)27-23(33)21-13-8-10-14(11-9-13)30(21)19(31)12-29-16-5-2-1-4-15(16)20(28-29)22(25)32/h1-7,13-14,21H,8-12H2,(H2,25,32)(H,26,27,33)/t13-,14+,21-/m1/s1. The molecule has 0 radical (unpaired) electrons. The summed E-state index contributed by atoms with van der Waals surface area (Å²) < 4.78 is 1.49. The molecule has 3 aromatic rings. The highest BCUT2D eigenvalue weighted by molar-refractivity contribution is 6.29. The summed E-state index contributed by atoms with van der Waals surface area (Å²) in [5.41, 5.74) is 6.25. The number of anilines is 1. The summed E-state index contributed by atoms with van der Waals surface area (Å²) in [7, 11) is 0. The Morgan fingerprint density at radius 2 is 1.82 bits per heavy atom. The fourth-order valence-corrected chi connectivity index (χ4v) is 5.33. The van der Waals surface area contributed by atoms with Crippen molar-refractivity contribution in [3.63, 3.8) is 0 Å². The van der Waals surface area contributed by atoms with E-state index in [2.05, 4.69) is 15.4 Å². The van der Waals surface area contributed by atoms with Crippen LogP contribution >= 0.6 is 11.6 Å². The predicted molar refractivity (Wildman–Crippen MR) is 123 cm³/mol.